The first-order valence-corrected chi connectivity index (χ1v) is 12.8. The first-order valence-electron chi connectivity index (χ1n) is 12.8. The molecule has 4 saturated carbocycles. The van der Waals surface area contributed by atoms with Crippen molar-refractivity contribution in [3.05, 3.63) is 0 Å². The predicted molar refractivity (Wildman–Crippen MR) is 119 cm³/mol. The maximum atomic E-state index is 13.6. The Morgan fingerprint density at radius 2 is 1.28 bits per heavy atom. The van der Waals surface area contributed by atoms with E-state index in [0.29, 0.717) is 0 Å². The van der Waals surface area contributed by atoms with Crippen molar-refractivity contribution in [1.82, 2.24) is 5.32 Å². The van der Waals surface area contributed by atoms with Gasteiger partial charge in [0.25, 0.3) is 5.60 Å². The summed E-state index contributed by atoms with van der Waals surface area (Å²) >= 11 is 0. The molecule has 2 spiro atoms. The van der Waals surface area contributed by atoms with Gasteiger partial charge >= 0.3 is 12.4 Å². The zero-order valence-corrected chi connectivity index (χ0v) is 22.1. The highest BCUT2D eigenvalue weighted by Crippen LogP contribution is 3.14. The van der Waals surface area contributed by atoms with Gasteiger partial charge in [-0.3, -0.25) is 5.32 Å². The Kier molecular flexibility index (Phi) is 4.81. The first-order chi connectivity index (χ1) is 15.8. The molecule has 208 valence electrons. The average Bonchev–Trinajstić information content (AvgIpc) is 3.28. The van der Waals surface area contributed by atoms with Crippen molar-refractivity contribution < 1.29 is 41.7 Å². The summed E-state index contributed by atoms with van der Waals surface area (Å²) in [5.41, 5.74) is -7.60. The Balaban J connectivity index is 1.50. The third-order valence-electron chi connectivity index (χ3n) is 12.6. The Morgan fingerprint density at radius 1 is 0.806 bits per heavy atom. The fourth-order valence-corrected chi connectivity index (χ4v) is 11.3. The number of hydrogen-bond acceptors (Lipinski definition) is 4. The summed E-state index contributed by atoms with van der Waals surface area (Å²) in [5.74, 6) is -1.45. The van der Waals surface area contributed by atoms with Gasteiger partial charge in [0.1, 0.15) is 12.5 Å². The summed E-state index contributed by atoms with van der Waals surface area (Å²) in [6.45, 7) is 16.0. The van der Waals surface area contributed by atoms with Gasteiger partial charge in [-0.25, -0.2) is 0 Å². The lowest BCUT2D eigenvalue weighted by Crippen LogP contribution is -2.62. The minimum atomic E-state index is -5.82. The zero-order valence-electron chi connectivity index (χ0n) is 22.1. The molecule has 1 aliphatic heterocycles. The van der Waals surface area contributed by atoms with Crippen LogP contribution in [0.4, 0.5) is 26.3 Å². The minimum absolute atomic E-state index is 0.0248. The van der Waals surface area contributed by atoms with Crippen molar-refractivity contribution in [3.8, 4) is 0 Å². The van der Waals surface area contributed by atoms with E-state index in [1.165, 1.54) is 0 Å². The maximum Gasteiger partial charge on any atom is 0.426 e. The molecule has 0 aromatic carbocycles. The van der Waals surface area contributed by atoms with Crippen LogP contribution < -0.4 is 5.32 Å². The summed E-state index contributed by atoms with van der Waals surface area (Å²) in [6.07, 6.45) is -14.7. The van der Waals surface area contributed by atoms with Gasteiger partial charge in [0.2, 0.25) is 0 Å². The molecule has 5 aliphatic rings. The van der Waals surface area contributed by atoms with Crippen LogP contribution in [0.3, 0.4) is 0 Å². The van der Waals surface area contributed by atoms with Crippen LogP contribution in [0.1, 0.15) is 68.2 Å². The highest BCUT2D eigenvalue weighted by molar-refractivity contribution is 5.57. The fraction of sp³-hybridized carbons (Fsp3) is 1.00. The molecule has 4 nitrogen and oxygen atoms in total. The number of aliphatic hydroxyl groups excluding tert-OH is 2. The average molecular weight is 528 g/mol. The van der Waals surface area contributed by atoms with E-state index in [2.05, 4.69) is 12.2 Å². The molecule has 0 radical (unpaired) electrons. The molecular weight excluding hydrogens is 488 g/mol. The van der Waals surface area contributed by atoms with Crippen LogP contribution in [-0.4, -0.2) is 45.7 Å². The van der Waals surface area contributed by atoms with Crippen LogP contribution in [0.5, 0.6) is 0 Å². The molecule has 0 aromatic rings. The molecule has 10 atom stereocenters. The Hall–Kier alpha value is -0.580. The number of alkyl halides is 6. The van der Waals surface area contributed by atoms with E-state index in [9.17, 15) is 41.7 Å². The van der Waals surface area contributed by atoms with Gasteiger partial charge in [-0.2, -0.15) is 26.3 Å². The summed E-state index contributed by atoms with van der Waals surface area (Å²) in [6, 6.07) is 0. The summed E-state index contributed by atoms with van der Waals surface area (Å²) in [7, 11) is 0. The van der Waals surface area contributed by atoms with Crippen LogP contribution in [0.15, 0.2) is 0 Å². The third kappa shape index (κ3) is 2.38. The SMILES string of the molecule is CC(C)(C)C1C(O)N[C@H](O)C1C(C)(C)C1(C)C2C3C(C)(C)C34C(CC(O)(C(F)(F)F)C(F)(F)F)CC214. The smallest absolute Gasteiger partial charge is 0.378 e. The fourth-order valence-electron chi connectivity index (χ4n) is 11.3. The van der Waals surface area contributed by atoms with E-state index in [1.807, 2.05) is 48.5 Å². The first kappa shape index (κ1) is 27.0. The topological polar surface area (TPSA) is 72.7 Å². The van der Waals surface area contributed by atoms with E-state index in [4.69, 9.17) is 0 Å². The second-order valence-corrected chi connectivity index (χ2v) is 14.9. The van der Waals surface area contributed by atoms with Crippen LogP contribution in [0.25, 0.3) is 0 Å². The molecule has 1 saturated heterocycles. The van der Waals surface area contributed by atoms with Crippen molar-refractivity contribution in [2.75, 3.05) is 0 Å². The van der Waals surface area contributed by atoms with Gasteiger partial charge in [0.15, 0.2) is 0 Å². The monoisotopic (exact) mass is 527 g/mol. The molecule has 0 amide bonds. The Labute approximate surface area is 208 Å². The van der Waals surface area contributed by atoms with Crippen LogP contribution in [0.2, 0.25) is 0 Å². The maximum absolute atomic E-state index is 13.6. The molecule has 10 heteroatoms. The van der Waals surface area contributed by atoms with Crippen LogP contribution in [-0.2, 0) is 0 Å². The largest absolute Gasteiger partial charge is 0.426 e. The van der Waals surface area contributed by atoms with Crippen molar-refractivity contribution in [2.24, 2.45) is 62.1 Å². The molecule has 4 aliphatic carbocycles. The third-order valence-corrected chi connectivity index (χ3v) is 12.6. The molecule has 0 bridgehead atoms. The molecule has 36 heavy (non-hydrogen) atoms. The molecule has 9 unspecified atom stereocenters. The number of aliphatic hydroxyl groups is 3. The van der Waals surface area contributed by atoms with E-state index in [0.717, 1.165) is 0 Å². The highest BCUT2D eigenvalue weighted by Gasteiger charge is 3.11. The molecule has 0 aromatic heterocycles. The zero-order chi connectivity index (χ0) is 27.7. The number of hydrogen-bond donors (Lipinski definition) is 4. The van der Waals surface area contributed by atoms with Crippen molar-refractivity contribution >= 4 is 0 Å². The van der Waals surface area contributed by atoms with Crippen molar-refractivity contribution in [1.29, 1.82) is 0 Å². The molecule has 5 fully saturated rings. The molecule has 1 heterocycles. The number of fused-ring (bicyclic) bond motifs is 1. The lowest BCUT2D eigenvalue weighted by Gasteiger charge is -2.60. The second kappa shape index (κ2) is 6.41. The van der Waals surface area contributed by atoms with Gasteiger partial charge in [0.05, 0.1) is 0 Å². The summed E-state index contributed by atoms with van der Waals surface area (Å²) in [5, 5.41) is 34.6. The Morgan fingerprint density at radius 3 is 1.72 bits per heavy atom. The van der Waals surface area contributed by atoms with Crippen molar-refractivity contribution in [2.45, 2.75) is 98.6 Å². The van der Waals surface area contributed by atoms with Gasteiger partial charge < -0.3 is 15.3 Å². The van der Waals surface area contributed by atoms with Gasteiger partial charge in [-0.15, -0.1) is 0 Å². The molecular formula is C26H39F6NO3. The lowest BCUT2D eigenvalue weighted by molar-refractivity contribution is -0.378. The number of rotatable bonds is 4. The summed E-state index contributed by atoms with van der Waals surface area (Å²) < 4.78 is 81.3. The van der Waals surface area contributed by atoms with E-state index in [1.54, 1.807) is 0 Å². The molecule has 4 N–H and O–H groups in total. The van der Waals surface area contributed by atoms with Crippen molar-refractivity contribution in [3.63, 3.8) is 0 Å². The van der Waals surface area contributed by atoms with Gasteiger partial charge in [-0.1, -0.05) is 55.4 Å². The van der Waals surface area contributed by atoms with Gasteiger partial charge in [-0.05, 0) is 63.1 Å². The van der Waals surface area contributed by atoms with Crippen LogP contribution >= 0.6 is 0 Å². The quantitative estimate of drug-likeness (QED) is 0.385. The predicted octanol–water partition coefficient (Wildman–Crippen LogP) is 5.08. The van der Waals surface area contributed by atoms with E-state index < -0.39 is 69.8 Å². The van der Waals surface area contributed by atoms with Crippen LogP contribution in [0, 0.1) is 62.1 Å². The lowest BCUT2D eigenvalue weighted by atomic mass is 9.44. The number of halogens is 6. The normalized spacial score (nSPS) is 49.4. The summed E-state index contributed by atoms with van der Waals surface area (Å²) in [4.78, 5) is 0. The van der Waals surface area contributed by atoms with E-state index in [-0.39, 0.29) is 35.5 Å². The highest BCUT2D eigenvalue weighted by atomic mass is 19.4. The Bertz CT molecular complexity index is 972. The minimum Gasteiger partial charge on any atom is -0.378 e. The van der Waals surface area contributed by atoms with Gasteiger partial charge in [0, 0.05) is 11.8 Å². The second-order valence-electron chi connectivity index (χ2n) is 14.9. The molecule has 5 rings (SSSR count). The van der Waals surface area contributed by atoms with E-state index >= 15 is 0 Å². The standard InChI is InChI=1S/C26H39F6NO3/c1-18(2,3)12-13(17(35)33-16(12)34)19(4,5)21(8)15-14-20(6,7)24(14)11(9-22(15,21)24)10-23(36,25(27,28)29)26(30,31)32/h11-17,33-36H,9-10H2,1-8H3/t11?,12?,13?,14?,15?,16?,17-,21?,22?,24?/m1/s1. The number of nitrogens with one attached hydrogen (secondary N) is 1.